The van der Waals surface area contributed by atoms with E-state index in [1.54, 1.807) is 4.90 Å². The van der Waals surface area contributed by atoms with E-state index in [-0.39, 0.29) is 25.2 Å². The molecule has 196 valence electrons. The Morgan fingerprint density at radius 3 is 2.17 bits per heavy atom. The second kappa shape index (κ2) is 9.38. The summed E-state index contributed by atoms with van der Waals surface area (Å²) < 4.78 is 107. The first-order chi connectivity index (χ1) is 16.3. The maximum absolute atomic E-state index is 13.4. The van der Waals surface area contributed by atoms with Crippen molar-refractivity contribution in [2.75, 3.05) is 31.1 Å². The smallest absolute Gasteiger partial charge is 0.402 e. The highest BCUT2D eigenvalue weighted by atomic mass is 19.4. The number of hydrogen-bond acceptors (Lipinski definition) is 4. The summed E-state index contributed by atoms with van der Waals surface area (Å²) in [6.07, 6.45) is -12.2. The zero-order valence-electron chi connectivity index (χ0n) is 18.4. The van der Waals surface area contributed by atoms with Gasteiger partial charge in [-0.15, -0.1) is 0 Å². The van der Waals surface area contributed by atoms with E-state index in [9.17, 15) is 45.0 Å². The summed E-state index contributed by atoms with van der Waals surface area (Å²) in [6, 6.07) is 0.439. The van der Waals surface area contributed by atoms with Crippen LogP contribution in [0.15, 0.2) is 18.2 Å². The number of carboxylic acid groups (broad SMARTS) is 1. The van der Waals surface area contributed by atoms with E-state index >= 15 is 0 Å². The van der Waals surface area contributed by atoms with Crippen molar-refractivity contribution in [1.29, 1.82) is 0 Å². The van der Waals surface area contributed by atoms with Crippen LogP contribution >= 0.6 is 0 Å². The number of halogens is 8. The van der Waals surface area contributed by atoms with Crippen molar-refractivity contribution in [3.63, 3.8) is 0 Å². The molecule has 0 amide bonds. The molecule has 3 fully saturated rings. The number of carbonyl (C=O) groups is 1. The number of aliphatic carboxylic acids is 1. The minimum absolute atomic E-state index is 0.0242. The fraction of sp³-hybridized carbons (Fsp3) is 0.682. The normalized spacial score (nSPS) is 27.9. The molecule has 2 N–H and O–H groups in total. The van der Waals surface area contributed by atoms with Gasteiger partial charge in [-0.1, -0.05) is 12.1 Å². The number of fused-ring (bicyclic) bond motifs is 1. The molecule has 3 aliphatic heterocycles. The van der Waals surface area contributed by atoms with Crippen LogP contribution < -0.4 is 10.2 Å². The van der Waals surface area contributed by atoms with Crippen molar-refractivity contribution in [2.24, 2.45) is 17.8 Å². The number of benzene rings is 1. The summed E-state index contributed by atoms with van der Waals surface area (Å²) in [7, 11) is 0. The lowest BCUT2D eigenvalue weighted by atomic mass is 9.84. The van der Waals surface area contributed by atoms with Crippen molar-refractivity contribution in [3.8, 4) is 0 Å². The highest BCUT2D eigenvalue weighted by Gasteiger charge is 2.66. The number of nitrogens with one attached hydrogen (secondary N) is 1. The molecule has 0 spiro atoms. The average molecular weight is 515 g/mol. The second-order valence-corrected chi connectivity index (χ2v) is 9.47. The highest BCUT2D eigenvalue weighted by molar-refractivity contribution is 5.74. The van der Waals surface area contributed by atoms with Gasteiger partial charge in [0.25, 0.3) is 6.43 Å². The molecule has 0 aromatic heterocycles. The molecule has 0 radical (unpaired) electrons. The van der Waals surface area contributed by atoms with Gasteiger partial charge in [0.1, 0.15) is 6.04 Å². The van der Waals surface area contributed by atoms with Crippen LogP contribution in [-0.2, 0) is 11.3 Å². The summed E-state index contributed by atoms with van der Waals surface area (Å²) in [6.45, 7) is 1.20. The molecule has 0 saturated carbocycles. The van der Waals surface area contributed by atoms with Gasteiger partial charge in [-0.2, -0.15) is 26.3 Å². The van der Waals surface area contributed by atoms with Gasteiger partial charge in [0.15, 0.2) is 5.92 Å². The number of rotatable bonds is 6. The fourth-order valence-corrected chi connectivity index (χ4v) is 5.79. The van der Waals surface area contributed by atoms with Crippen LogP contribution in [0.5, 0.6) is 0 Å². The van der Waals surface area contributed by atoms with Crippen molar-refractivity contribution in [2.45, 2.75) is 50.2 Å². The van der Waals surface area contributed by atoms with Gasteiger partial charge < -0.3 is 15.3 Å². The Morgan fingerprint density at radius 1 is 1.03 bits per heavy atom. The summed E-state index contributed by atoms with van der Waals surface area (Å²) in [5.74, 6) is -7.36. The minimum Gasteiger partial charge on any atom is -0.480 e. The second-order valence-electron chi connectivity index (χ2n) is 9.47. The lowest BCUT2D eigenvalue weighted by Crippen LogP contribution is -2.53. The van der Waals surface area contributed by atoms with Gasteiger partial charge in [0.2, 0.25) is 0 Å². The zero-order chi connectivity index (χ0) is 25.7. The van der Waals surface area contributed by atoms with Crippen molar-refractivity contribution in [1.82, 2.24) is 10.2 Å². The Hall–Kier alpha value is -2.15. The third-order valence-corrected chi connectivity index (χ3v) is 7.28. The number of nitrogens with zero attached hydrogens (tertiary/aromatic N) is 2. The van der Waals surface area contributed by atoms with E-state index in [0.29, 0.717) is 24.3 Å². The molecule has 13 heteroatoms. The van der Waals surface area contributed by atoms with Crippen LogP contribution in [0.1, 0.15) is 30.4 Å². The summed E-state index contributed by atoms with van der Waals surface area (Å²) in [4.78, 5) is 15.2. The Labute approximate surface area is 196 Å². The van der Waals surface area contributed by atoms with Crippen molar-refractivity contribution < 1.29 is 45.0 Å². The topological polar surface area (TPSA) is 55.8 Å². The largest absolute Gasteiger partial charge is 0.480 e. The molecule has 4 rings (SSSR count). The molecule has 1 aromatic rings. The van der Waals surface area contributed by atoms with Crippen LogP contribution in [0.25, 0.3) is 0 Å². The van der Waals surface area contributed by atoms with Gasteiger partial charge in [0.05, 0.1) is 0 Å². The summed E-state index contributed by atoms with van der Waals surface area (Å²) >= 11 is 0. The van der Waals surface area contributed by atoms with Gasteiger partial charge >= 0.3 is 18.3 Å². The van der Waals surface area contributed by atoms with E-state index in [4.69, 9.17) is 0 Å². The van der Waals surface area contributed by atoms with Crippen LogP contribution in [0.2, 0.25) is 0 Å². The van der Waals surface area contributed by atoms with Gasteiger partial charge in [-0.3, -0.25) is 9.69 Å². The molecule has 1 aromatic carbocycles. The Bertz CT molecular complexity index is 918. The van der Waals surface area contributed by atoms with Gasteiger partial charge in [-0.05, 0) is 30.4 Å². The molecule has 4 atom stereocenters. The molecule has 0 aliphatic carbocycles. The van der Waals surface area contributed by atoms with Gasteiger partial charge in [-0.25, -0.2) is 8.78 Å². The van der Waals surface area contributed by atoms with Crippen LogP contribution in [0.3, 0.4) is 0 Å². The van der Waals surface area contributed by atoms with E-state index in [0.717, 1.165) is 12.8 Å². The van der Waals surface area contributed by atoms with Crippen LogP contribution in [0, 0.1) is 17.8 Å². The standard InChI is InChI=1S/C22H25F8N3O2/c23-19(24)11-3-4-12(15(7-11)33-5-1-2-6-33)8-32-9-13-14(10-32)17(20(34)35)31-16(13)18(21(25,26)27)22(28,29)30/h3-4,7,13-14,16-19,31H,1-2,5-6,8-10H2,(H,34,35). The molecule has 3 heterocycles. The van der Waals surface area contributed by atoms with Crippen LogP contribution in [-0.4, -0.2) is 66.6 Å². The third kappa shape index (κ3) is 5.20. The van der Waals surface area contributed by atoms with Crippen molar-refractivity contribution in [3.05, 3.63) is 29.3 Å². The molecular weight excluding hydrogens is 490 g/mol. The maximum Gasteiger partial charge on any atom is 0.402 e. The Balaban J connectivity index is 1.60. The molecule has 4 unspecified atom stereocenters. The monoisotopic (exact) mass is 515 g/mol. The van der Waals surface area contributed by atoms with E-state index in [1.165, 1.54) is 18.2 Å². The molecule has 35 heavy (non-hydrogen) atoms. The predicted octanol–water partition coefficient (Wildman–Crippen LogP) is 4.44. The first-order valence-electron chi connectivity index (χ1n) is 11.3. The van der Waals surface area contributed by atoms with E-state index in [2.05, 4.69) is 5.32 Å². The van der Waals surface area contributed by atoms with E-state index < -0.39 is 54.6 Å². The van der Waals surface area contributed by atoms with E-state index in [1.807, 2.05) is 4.90 Å². The van der Waals surface area contributed by atoms with Gasteiger partial charge in [0, 0.05) is 55.9 Å². The lowest BCUT2D eigenvalue weighted by molar-refractivity contribution is -0.293. The maximum atomic E-state index is 13.4. The third-order valence-electron chi connectivity index (χ3n) is 7.28. The first kappa shape index (κ1) is 25.9. The molecule has 3 aliphatic rings. The number of alkyl halides is 8. The quantitative estimate of drug-likeness (QED) is 0.549. The average Bonchev–Trinajstić information content (AvgIpc) is 3.44. The summed E-state index contributed by atoms with van der Waals surface area (Å²) in [5.41, 5.74) is 1.00. The molecular formula is C22H25F8N3O2. The number of anilines is 1. The first-order valence-corrected chi connectivity index (χ1v) is 11.3. The Kier molecular flexibility index (Phi) is 6.95. The van der Waals surface area contributed by atoms with Crippen LogP contribution in [0.4, 0.5) is 40.8 Å². The van der Waals surface area contributed by atoms with Crippen molar-refractivity contribution >= 4 is 11.7 Å². The SMILES string of the molecule is O=C(O)C1NC(C(C(F)(F)F)C(F)(F)F)C2CN(Cc3ccc(C(F)F)cc3N3CCCC3)CC12. The zero-order valence-corrected chi connectivity index (χ0v) is 18.4. The minimum atomic E-state index is -5.60. The highest BCUT2D eigenvalue weighted by Crippen LogP contribution is 2.49. The Morgan fingerprint density at radius 2 is 1.63 bits per heavy atom. The molecule has 5 nitrogen and oxygen atoms in total. The predicted molar refractivity (Wildman–Crippen MR) is 109 cm³/mol. The number of carboxylic acids is 1. The fourth-order valence-electron chi connectivity index (χ4n) is 5.79. The number of likely N-dealkylation sites (tertiary alicyclic amines) is 1. The lowest BCUT2D eigenvalue weighted by Gasteiger charge is -2.32. The summed E-state index contributed by atoms with van der Waals surface area (Å²) in [5, 5.41) is 11.6. The number of hydrogen-bond donors (Lipinski definition) is 2. The molecule has 0 bridgehead atoms. The molecule has 3 saturated heterocycles.